The molecule has 1 aromatic carbocycles. The van der Waals surface area contributed by atoms with E-state index >= 15 is 0 Å². The number of halogens is 1. The predicted octanol–water partition coefficient (Wildman–Crippen LogP) is 2.31. The fourth-order valence-electron chi connectivity index (χ4n) is 1.32. The summed E-state index contributed by atoms with van der Waals surface area (Å²) >= 11 is 5.77. The van der Waals surface area contributed by atoms with E-state index in [-0.39, 0.29) is 17.2 Å². The first kappa shape index (κ1) is 11.5. The molecule has 15 heavy (non-hydrogen) atoms. The van der Waals surface area contributed by atoms with Gasteiger partial charge in [0, 0.05) is 11.9 Å². The third-order valence-corrected chi connectivity index (χ3v) is 2.04. The van der Waals surface area contributed by atoms with Crippen molar-refractivity contribution in [2.75, 3.05) is 5.32 Å². The first-order valence-electron chi connectivity index (χ1n) is 4.23. The number of hydrogen-bond donors (Lipinski definition) is 2. The number of benzene rings is 1. The molecule has 1 aromatic rings. The number of carboxylic acids is 1. The Labute approximate surface area is 91.9 Å². The Balaban J connectivity index is 3.33. The molecule has 0 heterocycles. The van der Waals surface area contributed by atoms with Crippen LogP contribution in [0, 0.1) is 6.92 Å². The average molecular weight is 228 g/mol. The third kappa shape index (κ3) is 2.70. The Bertz CT molecular complexity index is 429. The molecule has 2 N–H and O–H groups in total. The number of aromatic carboxylic acids is 1. The Morgan fingerprint density at radius 1 is 1.40 bits per heavy atom. The molecule has 5 heteroatoms. The molecule has 0 aliphatic rings. The first-order chi connectivity index (χ1) is 6.91. The molecule has 0 unspecified atom stereocenters. The standard InChI is InChI=1S/C10H10ClNO3/c1-5-3-7(11)4-8(12-6(2)13)9(5)10(14)15/h3-4H,1-2H3,(H,12,13)(H,14,15). The number of carboxylic acid groups (broad SMARTS) is 1. The number of aryl methyl sites for hydroxylation is 1. The second kappa shape index (κ2) is 4.31. The monoisotopic (exact) mass is 227 g/mol. The van der Waals surface area contributed by atoms with Gasteiger partial charge in [0.1, 0.15) is 0 Å². The highest BCUT2D eigenvalue weighted by atomic mass is 35.5. The van der Waals surface area contributed by atoms with Crippen LogP contribution in [0.4, 0.5) is 5.69 Å². The molecule has 0 saturated carbocycles. The Morgan fingerprint density at radius 3 is 2.47 bits per heavy atom. The quantitative estimate of drug-likeness (QED) is 0.815. The van der Waals surface area contributed by atoms with Crippen LogP contribution in [0.2, 0.25) is 5.02 Å². The maximum absolute atomic E-state index is 10.9. The smallest absolute Gasteiger partial charge is 0.338 e. The molecular weight excluding hydrogens is 218 g/mol. The van der Waals surface area contributed by atoms with Crippen LogP contribution in [0.15, 0.2) is 12.1 Å². The second-order valence-corrected chi connectivity index (χ2v) is 3.57. The summed E-state index contributed by atoms with van der Waals surface area (Å²) in [6, 6.07) is 2.95. The van der Waals surface area contributed by atoms with Crippen molar-refractivity contribution >= 4 is 29.2 Å². The van der Waals surface area contributed by atoms with Gasteiger partial charge in [0.15, 0.2) is 0 Å². The summed E-state index contributed by atoms with van der Waals surface area (Å²) in [5, 5.41) is 11.8. The van der Waals surface area contributed by atoms with Gasteiger partial charge in [0.25, 0.3) is 0 Å². The average Bonchev–Trinajstić information content (AvgIpc) is 1.99. The minimum Gasteiger partial charge on any atom is -0.478 e. The van der Waals surface area contributed by atoms with Gasteiger partial charge in [-0.15, -0.1) is 0 Å². The minimum absolute atomic E-state index is 0.0644. The minimum atomic E-state index is -1.09. The van der Waals surface area contributed by atoms with Crippen molar-refractivity contribution < 1.29 is 14.7 Å². The summed E-state index contributed by atoms with van der Waals surface area (Å²) in [4.78, 5) is 21.8. The van der Waals surface area contributed by atoms with Gasteiger partial charge in [0.05, 0.1) is 11.3 Å². The Morgan fingerprint density at radius 2 is 2.00 bits per heavy atom. The number of amides is 1. The largest absolute Gasteiger partial charge is 0.478 e. The molecule has 0 fully saturated rings. The lowest BCUT2D eigenvalue weighted by atomic mass is 10.1. The summed E-state index contributed by atoms with van der Waals surface area (Å²) in [5.74, 6) is -1.42. The molecule has 1 rings (SSSR count). The van der Waals surface area contributed by atoms with Crippen molar-refractivity contribution in [1.29, 1.82) is 0 Å². The molecular formula is C10H10ClNO3. The number of hydrogen-bond acceptors (Lipinski definition) is 2. The van der Waals surface area contributed by atoms with Crippen LogP contribution in [-0.2, 0) is 4.79 Å². The summed E-state index contributed by atoms with van der Waals surface area (Å²) in [6.45, 7) is 2.93. The molecule has 0 spiro atoms. The molecule has 0 bridgehead atoms. The SMILES string of the molecule is CC(=O)Nc1cc(Cl)cc(C)c1C(=O)O. The van der Waals surface area contributed by atoms with E-state index in [0.717, 1.165) is 0 Å². The molecule has 0 atom stereocenters. The van der Waals surface area contributed by atoms with Gasteiger partial charge in [-0.2, -0.15) is 0 Å². The maximum Gasteiger partial charge on any atom is 0.338 e. The van der Waals surface area contributed by atoms with Crippen LogP contribution in [0.3, 0.4) is 0 Å². The number of carbonyl (C=O) groups excluding carboxylic acids is 1. The fraction of sp³-hybridized carbons (Fsp3) is 0.200. The van der Waals surface area contributed by atoms with Crippen molar-refractivity contribution in [3.8, 4) is 0 Å². The summed E-state index contributed by atoms with van der Waals surface area (Å²) < 4.78 is 0. The number of nitrogens with one attached hydrogen (secondary N) is 1. The number of carbonyl (C=O) groups is 2. The van der Waals surface area contributed by atoms with Gasteiger partial charge in [-0.05, 0) is 24.6 Å². The third-order valence-electron chi connectivity index (χ3n) is 1.82. The normalized spacial score (nSPS) is 9.80. The lowest BCUT2D eigenvalue weighted by molar-refractivity contribution is -0.114. The van der Waals surface area contributed by atoms with Crippen LogP contribution in [0.25, 0.3) is 0 Å². The molecule has 0 saturated heterocycles. The molecule has 4 nitrogen and oxygen atoms in total. The van der Waals surface area contributed by atoms with E-state index in [1.165, 1.54) is 19.1 Å². The van der Waals surface area contributed by atoms with Gasteiger partial charge in [-0.3, -0.25) is 4.79 Å². The van der Waals surface area contributed by atoms with Crippen molar-refractivity contribution in [3.05, 3.63) is 28.3 Å². The Kier molecular flexibility index (Phi) is 3.31. The van der Waals surface area contributed by atoms with Crippen LogP contribution in [-0.4, -0.2) is 17.0 Å². The van der Waals surface area contributed by atoms with Crippen molar-refractivity contribution in [1.82, 2.24) is 0 Å². The van der Waals surface area contributed by atoms with Gasteiger partial charge in [-0.1, -0.05) is 11.6 Å². The molecule has 0 aromatic heterocycles. The van der Waals surface area contributed by atoms with Gasteiger partial charge in [0.2, 0.25) is 5.91 Å². The molecule has 0 aliphatic carbocycles. The van der Waals surface area contributed by atoms with E-state index in [4.69, 9.17) is 16.7 Å². The summed E-state index contributed by atoms with van der Waals surface area (Å²) in [5.41, 5.74) is 0.799. The van der Waals surface area contributed by atoms with E-state index in [2.05, 4.69) is 5.32 Å². The van der Waals surface area contributed by atoms with Gasteiger partial charge < -0.3 is 10.4 Å². The number of anilines is 1. The van der Waals surface area contributed by atoms with Crippen molar-refractivity contribution in [3.63, 3.8) is 0 Å². The first-order valence-corrected chi connectivity index (χ1v) is 4.60. The summed E-state index contributed by atoms with van der Waals surface area (Å²) in [7, 11) is 0. The van der Waals surface area contributed by atoms with Crippen LogP contribution in [0.5, 0.6) is 0 Å². The van der Waals surface area contributed by atoms with Crippen LogP contribution < -0.4 is 5.32 Å². The van der Waals surface area contributed by atoms with Crippen LogP contribution >= 0.6 is 11.6 Å². The highest BCUT2D eigenvalue weighted by Crippen LogP contribution is 2.25. The molecule has 0 radical (unpaired) electrons. The molecule has 1 amide bonds. The predicted molar refractivity (Wildman–Crippen MR) is 57.5 cm³/mol. The summed E-state index contributed by atoms with van der Waals surface area (Å²) in [6.07, 6.45) is 0. The van der Waals surface area contributed by atoms with E-state index in [1.54, 1.807) is 6.92 Å². The zero-order valence-corrected chi connectivity index (χ0v) is 9.05. The van der Waals surface area contributed by atoms with Crippen molar-refractivity contribution in [2.45, 2.75) is 13.8 Å². The number of rotatable bonds is 2. The lowest BCUT2D eigenvalue weighted by Gasteiger charge is -2.09. The topological polar surface area (TPSA) is 66.4 Å². The lowest BCUT2D eigenvalue weighted by Crippen LogP contribution is -2.12. The van der Waals surface area contributed by atoms with Gasteiger partial charge >= 0.3 is 5.97 Å². The Hall–Kier alpha value is -1.55. The fourth-order valence-corrected chi connectivity index (χ4v) is 1.59. The zero-order chi connectivity index (χ0) is 11.6. The van der Waals surface area contributed by atoms with Gasteiger partial charge in [-0.25, -0.2) is 4.79 Å². The second-order valence-electron chi connectivity index (χ2n) is 3.13. The van der Waals surface area contributed by atoms with Crippen LogP contribution in [0.1, 0.15) is 22.8 Å². The van der Waals surface area contributed by atoms with E-state index < -0.39 is 5.97 Å². The molecule has 80 valence electrons. The highest BCUT2D eigenvalue weighted by molar-refractivity contribution is 6.31. The zero-order valence-electron chi connectivity index (χ0n) is 8.30. The molecule has 0 aliphatic heterocycles. The van der Waals surface area contributed by atoms with Crippen molar-refractivity contribution in [2.24, 2.45) is 0 Å². The van der Waals surface area contributed by atoms with E-state index in [1.807, 2.05) is 0 Å². The maximum atomic E-state index is 10.9. The van der Waals surface area contributed by atoms with E-state index in [9.17, 15) is 9.59 Å². The van der Waals surface area contributed by atoms with E-state index in [0.29, 0.717) is 10.6 Å². The highest BCUT2D eigenvalue weighted by Gasteiger charge is 2.15.